The van der Waals surface area contributed by atoms with Gasteiger partial charge in [0.15, 0.2) is 5.78 Å². The molecule has 0 bridgehead atoms. The molecule has 0 aromatic heterocycles. The van der Waals surface area contributed by atoms with Gasteiger partial charge in [0.25, 0.3) is 0 Å². The van der Waals surface area contributed by atoms with Gasteiger partial charge in [0, 0.05) is 17.5 Å². The number of hydrogen-bond acceptors (Lipinski definition) is 5. The quantitative estimate of drug-likeness (QED) is 0.210. The third-order valence-corrected chi connectivity index (χ3v) is 7.19. The van der Waals surface area contributed by atoms with E-state index >= 15 is 0 Å². The molecule has 0 aliphatic carbocycles. The lowest BCUT2D eigenvalue weighted by Crippen LogP contribution is -2.21. The number of allylic oxidation sites excluding steroid dienone is 1. The minimum Gasteiger partial charge on any atom is -0.507 e. The van der Waals surface area contributed by atoms with Crippen molar-refractivity contribution in [3.63, 3.8) is 0 Å². The molecule has 5 rings (SSSR count). The van der Waals surface area contributed by atoms with E-state index in [1.54, 1.807) is 0 Å². The number of hydrogen-bond donors (Lipinski definition) is 3. The summed E-state index contributed by atoms with van der Waals surface area (Å²) in [4.78, 5) is 13.2. The topological polar surface area (TPSA) is 87.0 Å². The van der Waals surface area contributed by atoms with Crippen LogP contribution >= 0.6 is 0 Å². The van der Waals surface area contributed by atoms with E-state index in [2.05, 4.69) is 0 Å². The van der Waals surface area contributed by atoms with E-state index in [0.717, 1.165) is 17.5 Å². The molecule has 3 atom stereocenters. The lowest BCUT2D eigenvalue weighted by atomic mass is 9.85. The van der Waals surface area contributed by atoms with E-state index in [4.69, 9.17) is 4.74 Å². The van der Waals surface area contributed by atoms with E-state index in [-0.39, 0.29) is 40.6 Å². The number of phenols is 2. The van der Waals surface area contributed by atoms with Crippen LogP contribution in [0.2, 0.25) is 0 Å². The van der Waals surface area contributed by atoms with Gasteiger partial charge < -0.3 is 20.1 Å². The molecule has 0 saturated carbocycles. The van der Waals surface area contributed by atoms with Gasteiger partial charge in [0.2, 0.25) is 0 Å². The smallest absolute Gasteiger partial charge is 0.174 e. The second-order valence-electron chi connectivity index (χ2n) is 9.91. The molecule has 0 unspecified atom stereocenters. The molecule has 0 fully saturated rings. The van der Waals surface area contributed by atoms with Gasteiger partial charge in [-0.2, -0.15) is 0 Å². The van der Waals surface area contributed by atoms with Gasteiger partial charge in [-0.05, 0) is 36.0 Å². The maximum atomic E-state index is 13.2. The van der Waals surface area contributed by atoms with Gasteiger partial charge in [-0.25, -0.2) is 0 Å². The van der Waals surface area contributed by atoms with Crippen molar-refractivity contribution in [2.75, 3.05) is 0 Å². The molecule has 0 amide bonds. The molecule has 4 aromatic carbocycles. The minimum atomic E-state index is -0.534. The summed E-state index contributed by atoms with van der Waals surface area (Å²) < 4.78 is 6.07. The second-order valence-corrected chi connectivity index (χ2v) is 9.91. The summed E-state index contributed by atoms with van der Waals surface area (Å²) in [6.45, 7) is 0. The molecule has 0 saturated heterocycles. The molecule has 5 heteroatoms. The Hall–Kier alpha value is -4.35. The fourth-order valence-electron chi connectivity index (χ4n) is 5.14. The van der Waals surface area contributed by atoms with Crippen molar-refractivity contribution in [3.8, 4) is 17.2 Å². The van der Waals surface area contributed by atoms with Crippen LogP contribution in [0.25, 0.3) is 0 Å². The van der Waals surface area contributed by atoms with Crippen LogP contribution in [-0.4, -0.2) is 27.2 Å². The zero-order chi connectivity index (χ0) is 27.2. The molecule has 0 radical (unpaired) electrons. The Balaban J connectivity index is 1.41. The van der Waals surface area contributed by atoms with Gasteiger partial charge in [0.05, 0.1) is 12.5 Å². The minimum absolute atomic E-state index is 0.0900. The molecule has 39 heavy (non-hydrogen) atoms. The van der Waals surface area contributed by atoms with Crippen molar-refractivity contribution in [1.29, 1.82) is 0 Å². The Morgan fingerprint density at radius 2 is 1.54 bits per heavy atom. The zero-order valence-electron chi connectivity index (χ0n) is 21.6. The fourth-order valence-corrected chi connectivity index (χ4v) is 5.14. The number of aliphatic hydroxyl groups is 1. The number of fused-ring (bicyclic) bond motifs is 1. The number of aryl methyl sites for hydroxylation is 1. The number of rotatable bonds is 9. The molecule has 198 valence electrons. The molecule has 4 aromatic rings. The van der Waals surface area contributed by atoms with E-state index in [1.807, 2.05) is 103 Å². The highest BCUT2D eigenvalue weighted by Crippen LogP contribution is 2.48. The van der Waals surface area contributed by atoms with Crippen LogP contribution in [-0.2, 0) is 6.42 Å². The van der Waals surface area contributed by atoms with E-state index in [0.29, 0.717) is 12.8 Å². The van der Waals surface area contributed by atoms with Crippen LogP contribution in [0.3, 0.4) is 0 Å². The number of carbonyl (C=O) groups is 1. The Labute approximate surface area is 228 Å². The second kappa shape index (κ2) is 12.0. The molecule has 1 aliphatic heterocycles. The van der Waals surface area contributed by atoms with Gasteiger partial charge in [0.1, 0.15) is 28.9 Å². The van der Waals surface area contributed by atoms with Gasteiger partial charge >= 0.3 is 0 Å². The first kappa shape index (κ1) is 26.3. The molecular formula is C34H32O5. The zero-order valence-corrected chi connectivity index (χ0v) is 21.6. The average molecular weight is 521 g/mol. The maximum absolute atomic E-state index is 13.2. The van der Waals surface area contributed by atoms with Crippen LogP contribution in [0.15, 0.2) is 109 Å². The number of benzene rings is 4. The SMILES string of the molecule is O=C1C[C@@H](c2ccccc2)Oc2cc(O)c([C@@H](/C=C/C[C@@H](O)CCc3ccccc3)c3ccccc3)c(O)c21. The largest absolute Gasteiger partial charge is 0.507 e. The van der Waals surface area contributed by atoms with Crippen LogP contribution in [0.1, 0.15) is 63.9 Å². The summed E-state index contributed by atoms with van der Waals surface area (Å²) in [6, 6.07) is 30.4. The van der Waals surface area contributed by atoms with Gasteiger partial charge in [-0.3, -0.25) is 4.79 Å². The van der Waals surface area contributed by atoms with Crippen molar-refractivity contribution in [3.05, 3.63) is 137 Å². The number of aliphatic hydroxyl groups excluding tert-OH is 1. The lowest BCUT2D eigenvalue weighted by Gasteiger charge is -2.28. The van der Waals surface area contributed by atoms with Crippen LogP contribution in [0.4, 0.5) is 0 Å². The Kier molecular flexibility index (Phi) is 8.09. The third-order valence-electron chi connectivity index (χ3n) is 7.19. The van der Waals surface area contributed by atoms with Crippen molar-refractivity contribution in [2.45, 2.75) is 43.8 Å². The van der Waals surface area contributed by atoms with Crippen molar-refractivity contribution in [2.24, 2.45) is 0 Å². The highest BCUT2D eigenvalue weighted by Gasteiger charge is 2.34. The highest BCUT2D eigenvalue weighted by atomic mass is 16.5. The maximum Gasteiger partial charge on any atom is 0.174 e. The van der Waals surface area contributed by atoms with Crippen LogP contribution in [0, 0.1) is 0 Å². The number of phenolic OH excluding ortho intramolecular Hbond substituents is 2. The summed E-state index contributed by atoms with van der Waals surface area (Å²) in [7, 11) is 0. The predicted octanol–water partition coefficient (Wildman–Crippen LogP) is 6.88. The Bertz CT molecular complexity index is 1430. The average Bonchev–Trinajstić information content (AvgIpc) is 2.96. The summed E-state index contributed by atoms with van der Waals surface area (Å²) in [5.41, 5.74) is 3.20. The third kappa shape index (κ3) is 6.05. The molecular weight excluding hydrogens is 488 g/mol. The number of aromatic hydroxyl groups is 2. The van der Waals surface area contributed by atoms with E-state index < -0.39 is 18.1 Å². The van der Waals surface area contributed by atoms with E-state index in [1.165, 1.54) is 11.6 Å². The van der Waals surface area contributed by atoms with Gasteiger partial charge in [-0.15, -0.1) is 0 Å². The first-order valence-corrected chi connectivity index (χ1v) is 13.3. The van der Waals surface area contributed by atoms with Gasteiger partial charge in [-0.1, -0.05) is 103 Å². The number of carbonyl (C=O) groups excluding carboxylic acids is 1. The lowest BCUT2D eigenvalue weighted by molar-refractivity contribution is 0.0844. The monoisotopic (exact) mass is 520 g/mol. The number of ketones is 1. The number of Topliss-reactive ketones (excluding diaryl/α,β-unsaturated/α-hetero) is 1. The molecule has 1 aliphatic rings. The van der Waals surface area contributed by atoms with E-state index in [9.17, 15) is 20.1 Å². The van der Waals surface area contributed by atoms with Crippen LogP contribution < -0.4 is 4.74 Å². The van der Waals surface area contributed by atoms with Crippen molar-refractivity contribution < 1.29 is 24.9 Å². The molecule has 3 N–H and O–H groups in total. The van der Waals surface area contributed by atoms with Crippen LogP contribution in [0.5, 0.6) is 17.2 Å². The summed E-state index contributed by atoms with van der Waals surface area (Å²) in [6.07, 6.45) is 4.62. The summed E-state index contributed by atoms with van der Waals surface area (Å²) in [5.74, 6) is -1.03. The predicted molar refractivity (Wildman–Crippen MR) is 151 cm³/mol. The Morgan fingerprint density at radius 1 is 0.897 bits per heavy atom. The summed E-state index contributed by atoms with van der Waals surface area (Å²) >= 11 is 0. The number of ether oxygens (including phenoxy) is 1. The normalized spacial score (nSPS) is 16.4. The Morgan fingerprint density at radius 3 is 2.23 bits per heavy atom. The van der Waals surface area contributed by atoms with Crippen molar-refractivity contribution in [1.82, 2.24) is 0 Å². The molecule has 1 heterocycles. The fraction of sp³-hybridized carbons (Fsp3) is 0.206. The first-order chi connectivity index (χ1) is 19.0. The van der Waals surface area contributed by atoms with Crippen molar-refractivity contribution >= 4 is 5.78 Å². The standard InChI is InChI=1S/C34H32O5/c35-26(20-19-23-11-4-1-5-12-23)17-10-18-27(24-13-6-2-7-14-24)32-28(36)22-31-33(34(32)38)29(37)21-30(39-31)25-15-8-3-9-16-25/h1-16,18,22,26-27,30,35-36,38H,17,19-21H2/b18-10+/t26-,27+,30+/m1/s1. The highest BCUT2D eigenvalue weighted by molar-refractivity contribution is 6.03. The summed E-state index contributed by atoms with van der Waals surface area (Å²) in [5, 5.41) is 33.0. The molecule has 0 spiro atoms. The first-order valence-electron chi connectivity index (χ1n) is 13.3. The molecule has 5 nitrogen and oxygen atoms in total.